The van der Waals surface area contributed by atoms with Gasteiger partial charge in [0.2, 0.25) is 0 Å². The second-order valence-electron chi connectivity index (χ2n) is 3.71. The van der Waals surface area contributed by atoms with Crippen LogP contribution in [0, 0.1) is 0 Å². The average molecular weight is 287 g/mol. The van der Waals surface area contributed by atoms with Gasteiger partial charge in [-0.2, -0.15) is 0 Å². The summed E-state index contributed by atoms with van der Waals surface area (Å²) < 4.78 is 1.18. The third kappa shape index (κ3) is 2.87. The summed E-state index contributed by atoms with van der Waals surface area (Å²) in [6, 6.07) is -1.92. The third-order valence-electron chi connectivity index (χ3n) is 2.34. The molecular weight excluding hydrogens is 270 g/mol. The number of hydrazine groups is 2. The molecule has 0 aliphatic heterocycles. The number of carbonyl (C=O) groups excluding carboxylic acids is 2. The summed E-state index contributed by atoms with van der Waals surface area (Å²) in [5.41, 5.74) is 10.3. The number of primary amides is 2. The van der Waals surface area contributed by atoms with Crippen molar-refractivity contribution in [1.82, 2.24) is 9.78 Å². The van der Waals surface area contributed by atoms with Gasteiger partial charge in [0.05, 0.1) is 6.61 Å². The first-order valence-corrected chi connectivity index (χ1v) is 5.41. The highest BCUT2D eigenvalue weighted by atomic mass is 16.3. The molecule has 1 aromatic heterocycles. The Kier molecular flexibility index (Phi) is 4.68. The van der Waals surface area contributed by atoms with E-state index >= 15 is 0 Å². The number of urea groups is 2. The van der Waals surface area contributed by atoms with Crippen LogP contribution in [0.1, 0.15) is 0 Å². The molecule has 0 bridgehead atoms. The number of aliphatic hydroxyl groups is 1. The molecule has 0 fully saturated rings. The molecule has 0 saturated heterocycles. The van der Waals surface area contributed by atoms with Gasteiger partial charge in [-0.25, -0.2) is 36.0 Å². The molecule has 0 radical (unpaired) electrons. The quantitative estimate of drug-likeness (QED) is 0.193. The zero-order valence-electron chi connectivity index (χ0n) is 10.8. The van der Waals surface area contributed by atoms with Crippen LogP contribution in [-0.2, 0) is 7.05 Å². The molecule has 1 rings (SSSR count). The minimum Gasteiger partial charge on any atom is -0.395 e. The first kappa shape index (κ1) is 15.5. The first-order chi connectivity index (χ1) is 9.31. The Hall–Kier alpha value is -2.57. The number of hydrogen-bond acceptors (Lipinski definition) is 7. The number of nitrogens with zero attached hydrogens (tertiary/aromatic N) is 4. The van der Waals surface area contributed by atoms with E-state index in [0.717, 1.165) is 0 Å². The summed E-state index contributed by atoms with van der Waals surface area (Å²) >= 11 is 0. The minimum atomic E-state index is -0.968. The van der Waals surface area contributed by atoms with Crippen LogP contribution < -0.4 is 38.5 Å². The lowest BCUT2D eigenvalue weighted by molar-refractivity contribution is 0.253. The fraction of sp³-hybridized carbons (Fsp3) is 0.375. The van der Waals surface area contributed by atoms with E-state index in [1.54, 1.807) is 0 Å². The molecule has 10 N–H and O–H groups in total. The van der Waals surface area contributed by atoms with Crippen LogP contribution >= 0.6 is 0 Å². The highest BCUT2D eigenvalue weighted by Gasteiger charge is 2.26. The zero-order valence-corrected chi connectivity index (χ0v) is 10.8. The van der Waals surface area contributed by atoms with Gasteiger partial charge in [-0.3, -0.25) is 0 Å². The fourth-order valence-corrected chi connectivity index (χ4v) is 1.49. The molecule has 20 heavy (non-hydrogen) atoms. The maximum atomic E-state index is 11.2. The van der Waals surface area contributed by atoms with Gasteiger partial charge in [0.1, 0.15) is 5.69 Å². The molecule has 0 spiro atoms. The Morgan fingerprint density at radius 2 is 1.85 bits per heavy atom. The third-order valence-corrected chi connectivity index (χ3v) is 2.34. The normalized spacial score (nSPS) is 10.2. The molecule has 12 heteroatoms. The largest absolute Gasteiger partial charge is 0.395 e. The number of aliphatic hydroxyl groups excluding tert-OH is 1. The van der Waals surface area contributed by atoms with Crippen molar-refractivity contribution >= 4 is 29.4 Å². The molecule has 0 atom stereocenters. The average Bonchev–Trinajstić information content (AvgIpc) is 2.70. The Balaban J connectivity index is 3.35. The van der Waals surface area contributed by atoms with Crippen molar-refractivity contribution in [2.24, 2.45) is 30.2 Å². The first-order valence-electron chi connectivity index (χ1n) is 5.41. The van der Waals surface area contributed by atoms with Crippen molar-refractivity contribution < 1.29 is 14.7 Å². The zero-order chi connectivity index (χ0) is 15.4. The predicted octanol–water partition coefficient (Wildman–Crippen LogP) is -2.66. The summed E-state index contributed by atoms with van der Waals surface area (Å²) in [5, 5.41) is 16.7. The Morgan fingerprint density at radius 3 is 2.30 bits per heavy atom. The maximum absolute atomic E-state index is 11.2. The maximum Gasteiger partial charge on any atom is 0.335 e. The molecule has 12 nitrogen and oxygen atoms in total. The van der Waals surface area contributed by atoms with E-state index in [2.05, 4.69) is 10.4 Å². The van der Waals surface area contributed by atoms with Gasteiger partial charge in [0.25, 0.3) is 0 Å². The SMILES string of the molecule is Cn1nc(N(N)C(N)=O)c(NCCO)c1N(N)C(N)=O. The van der Waals surface area contributed by atoms with E-state index in [9.17, 15) is 9.59 Å². The number of aromatic nitrogens is 2. The van der Waals surface area contributed by atoms with Gasteiger partial charge in [-0.15, -0.1) is 5.10 Å². The number of rotatable bonds is 5. The summed E-state index contributed by atoms with van der Waals surface area (Å²) in [4.78, 5) is 22.3. The molecule has 0 saturated carbocycles. The van der Waals surface area contributed by atoms with E-state index in [0.29, 0.717) is 10.0 Å². The van der Waals surface area contributed by atoms with Crippen molar-refractivity contribution in [2.45, 2.75) is 0 Å². The van der Waals surface area contributed by atoms with Crippen LogP contribution in [0.2, 0.25) is 0 Å². The fourth-order valence-electron chi connectivity index (χ4n) is 1.49. The van der Waals surface area contributed by atoms with Gasteiger partial charge in [-0.05, 0) is 0 Å². The second-order valence-corrected chi connectivity index (χ2v) is 3.71. The minimum absolute atomic E-state index is 0.0534. The lowest BCUT2D eigenvalue weighted by Crippen LogP contribution is -2.43. The number of anilines is 3. The number of nitrogens with two attached hydrogens (primary N) is 4. The van der Waals surface area contributed by atoms with Crippen molar-refractivity contribution in [2.75, 3.05) is 28.5 Å². The lowest BCUT2D eigenvalue weighted by Gasteiger charge is -2.17. The van der Waals surface area contributed by atoms with Crippen LogP contribution in [-0.4, -0.2) is 40.1 Å². The van der Waals surface area contributed by atoms with Crippen LogP contribution in [0.25, 0.3) is 0 Å². The van der Waals surface area contributed by atoms with Crippen molar-refractivity contribution in [3.63, 3.8) is 0 Å². The number of amides is 4. The van der Waals surface area contributed by atoms with E-state index in [1.807, 2.05) is 0 Å². The summed E-state index contributed by atoms with van der Waals surface area (Å²) in [7, 11) is 1.46. The number of nitrogens with one attached hydrogen (secondary N) is 1. The van der Waals surface area contributed by atoms with Gasteiger partial charge in [0, 0.05) is 13.6 Å². The monoisotopic (exact) mass is 287 g/mol. The number of hydrogen-bond donors (Lipinski definition) is 6. The smallest absolute Gasteiger partial charge is 0.335 e. The Morgan fingerprint density at radius 1 is 1.30 bits per heavy atom. The van der Waals surface area contributed by atoms with Crippen LogP contribution in [0.5, 0.6) is 0 Å². The van der Waals surface area contributed by atoms with Crippen molar-refractivity contribution in [3.05, 3.63) is 0 Å². The lowest BCUT2D eigenvalue weighted by atomic mass is 10.4. The summed E-state index contributed by atoms with van der Waals surface area (Å²) in [6.45, 7) is -0.110. The Labute approximate surface area is 113 Å². The van der Waals surface area contributed by atoms with Gasteiger partial charge in [0.15, 0.2) is 11.6 Å². The predicted molar refractivity (Wildman–Crippen MR) is 71.3 cm³/mol. The van der Waals surface area contributed by atoms with E-state index in [4.69, 9.17) is 28.3 Å². The Bertz CT molecular complexity index is 514. The van der Waals surface area contributed by atoms with Crippen LogP contribution in [0.15, 0.2) is 0 Å². The van der Waals surface area contributed by atoms with E-state index in [-0.39, 0.29) is 30.5 Å². The standard InChI is InChI=1S/C8H17N9O3/c1-15-6(17(12)8(10)20)4(13-2-3-18)5(14-15)16(11)7(9)19/h13,18H,2-3,11-12H2,1H3,(H2,9,19)(H2,10,20). The summed E-state index contributed by atoms with van der Waals surface area (Å²) in [5.74, 6) is 11.0. The van der Waals surface area contributed by atoms with Gasteiger partial charge >= 0.3 is 12.1 Å². The number of carbonyl (C=O) groups is 2. The summed E-state index contributed by atoms with van der Waals surface area (Å²) in [6.07, 6.45) is 0. The van der Waals surface area contributed by atoms with Gasteiger partial charge < -0.3 is 21.9 Å². The molecule has 0 aliphatic rings. The van der Waals surface area contributed by atoms with E-state index < -0.39 is 12.1 Å². The second kappa shape index (κ2) is 6.05. The van der Waals surface area contributed by atoms with Crippen LogP contribution in [0.3, 0.4) is 0 Å². The molecular formula is C8H17N9O3. The highest BCUT2D eigenvalue weighted by Crippen LogP contribution is 2.33. The molecule has 1 heterocycles. The van der Waals surface area contributed by atoms with Crippen molar-refractivity contribution in [3.8, 4) is 0 Å². The highest BCUT2D eigenvalue weighted by molar-refractivity contribution is 5.98. The molecule has 0 aromatic carbocycles. The molecule has 0 aliphatic carbocycles. The molecule has 0 unspecified atom stereocenters. The molecule has 4 amide bonds. The van der Waals surface area contributed by atoms with Gasteiger partial charge in [-0.1, -0.05) is 0 Å². The molecule has 112 valence electrons. The number of aryl methyl sites for hydroxylation is 1. The topological polar surface area (TPSA) is 195 Å². The van der Waals surface area contributed by atoms with E-state index in [1.165, 1.54) is 11.7 Å². The van der Waals surface area contributed by atoms with Crippen molar-refractivity contribution in [1.29, 1.82) is 0 Å². The van der Waals surface area contributed by atoms with Crippen LogP contribution in [0.4, 0.5) is 26.9 Å². The molecule has 1 aromatic rings.